The van der Waals surface area contributed by atoms with Crippen molar-refractivity contribution in [3.8, 4) is 11.8 Å². The summed E-state index contributed by atoms with van der Waals surface area (Å²) < 4.78 is 10.6. The fourth-order valence-corrected chi connectivity index (χ4v) is 2.18. The van der Waals surface area contributed by atoms with E-state index in [1.807, 2.05) is 13.0 Å². The van der Waals surface area contributed by atoms with Crippen LogP contribution < -0.4 is 15.8 Å². The zero-order valence-electron chi connectivity index (χ0n) is 12.7. The Morgan fingerprint density at radius 3 is 3.00 bits per heavy atom. The average molecular weight is 318 g/mol. The minimum absolute atomic E-state index is 0.0864. The molecule has 0 aliphatic carbocycles. The second-order valence-corrected chi connectivity index (χ2v) is 4.89. The summed E-state index contributed by atoms with van der Waals surface area (Å²) in [7, 11) is 0. The molecule has 0 bridgehead atoms. The van der Waals surface area contributed by atoms with Crippen LogP contribution in [0, 0.1) is 11.3 Å². The van der Waals surface area contributed by atoms with E-state index in [1.54, 1.807) is 12.1 Å². The van der Waals surface area contributed by atoms with Gasteiger partial charge in [0.05, 0.1) is 37.1 Å². The molecule has 1 saturated heterocycles. The van der Waals surface area contributed by atoms with Crippen LogP contribution in [0.3, 0.4) is 0 Å². The molecule has 3 amide bonds. The van der Waals surface area contributed by atoms with Gasteiger partial charge in [-0.05, 0) is 25.1 Å². The molecule has 122 valence electrons. The molecule has 8 heteroatoms. The molecule has 1 fully saturated rings. The fourth-order valence-electron chi connectivity index (χ4n) is 2.18. The van der Waals surface area contributed by atoms with Crippen molar-refractivity contribution >= 4 is 17.6 Å². The molecule has 1 aliphatic heterocycles. The standard InChI is InChI=1S/C15H18N4O4/c1-2-22-12-4-3-10(8-16)7-11(12)18-15(21)19-5-6-23-13(9-19)14(17)20/h3-4,7,13H,2,5-6,9H2,1H3,(H2,17,20)(H,18,21). The van der Waals surface area contributed by atoms with E-state index in [9.17, 15) is 9.59 Å². The molecule has 0 spiro atoms. The third kappa shape index (κ3) is 4.11. The zero-order chi connectivity index (χ0) is 16.8. The van der Waals surface area contributed by atoms with E-state index >= 15 is 0 Å². The van der Waals surface area contributed by atoms with Crippen LogP contribution in [0.15, 0.2) is 18.2 Å². The summed E-state index contributed by atoms with van der Waals surface area (Å²) in [5.41, 5.74) is 6.01. The van der Waals surface area contributed by atoms with Gasteiger partial charge in [0, 0.05) is 6.54 Å². The molecule has 23 heavy (non-hydrogen) atoms. The number of nitrogens with two attached hydrogens (primary N) is 1. The highest BCUT2D eigenvalue weighted by atomic mass is 16.5. The molecular weight excluding hydrogens is 300 g/mol. The summed E-state index contributed by atoms with van der Waals surface area (Å²) in [6, 6.07) is 6.38. The van der Waals surface area contributed by atoms with Gasteiger partial charge in [-0.3, -0.25) is 4.79 Å². The van der Waals surface area contributed by atoms with Crippen molar-refractivity contribution in [2.45, 2.75) is 13.0 Å². The van der Waals surface area contributed by atoms with Gasteiger partial charge in [0.25, 0.3) is 0 Å². The number of rotatable bonds is 4. The first-order valence-corrected chi connectivity index (χ1v) is 7.19. The van der Waals surface area contributed by atoms with E-state index in [-0.39, 0.29) is 13.2 Å². The number of hydrogen-bond donors (Lipinski definition) is 2. The first-order chi connectivity index (χ1) is 11.0. The van der Waals surface area contributed by atoms with Gasteiger partial charge in [0.15, 0.2) is 6.10 Å². The molecule has 1 unspecified atom stereocenters. The zero-order valence-corrected chi connectivity index (χ0v) is 12.7. The third-order valence-corrected chi connectivity index (χ3v) is 3.32. The molecule has 3 N–H and O–H groups in total. The van der Waals surface area contributed by atoms with Gasteiger partial charge in [0.1, 0.15) is 5.75 Å². The number of anilines is 1. The van der Waals surface area contributed by atoms with E-state index in [1.165, 1.54) is 11.0 Å². The average Bonchev–Trinajstić information content (AvgIpc) is 2.56. The van der Waals surface area contributed by atoms with Crippen molar-refractivity contribution in [2.24, 2.45) is 5.73 Å². The highest BCUT2D eigenvalue weighted by molar-refractivity contribution is 5.92. The van der Waals surface area contributed by atoms with E-state index in [0.29, 0.717) is 30.2 Å². The van der Waals surface area contributed by atoms with Crippen LogP contribution in [0.25, 0.3) is 0 Å². The van der Waals surface area contributed by atoms with Gasteiger partial charge in [-0.2, -0.15) is 5.26 Å². The normalized spacial score (nSPS) is 17.2. The van der Waals surface area contributed by atoms with Crippen molar-refractivity contribution in [3.05, 3.63) is 23.8 Å². The molecule has 1 aromatic carbocycles. The van der Waals surface area contributed by atoms with Crippen LogP contribution in [0.5, 0.6) is 5.75 Å². The van der Waals surface area contributed by atoms with Crippen LogP contribution in [0.2, 0.25) is 0 Å². The molecule has 8 nitrogen and oxygen atoms in total. The van der Waals surface area contributed by atoms with Gasteiger partial charge >= 0.3 is 6.03 Å². The summed E-state index contributed by atoms with van der Waals surface area (Å²) in [5, 5.41) is 11.7. The van der Waals surface area contributed by atoms with E-state index in [0.717, 1.165) is 0 Å². The first-order valence-electron chi connectivity index (χ1n) is 7.19. The highest BCUT2D eigenvalue weighted by Gasteiger charge is 2.28. The number of ether oxygens (including phenoxy) is 2. The Morgan fingerprint density at radius 2 is 2.35 bits per heavy atom. The van der Waals surface area contributed by atoms with Crippen molar-refractivity contribution < 1.29 is 19.1 Å². The maximum absolute atomic E-state index is 12.4. The van der Waals surface area contributed by atoms with Gasteiger partial charge in [-0.15, -0.1) is 0 Å². The monoisotopic (exact) mass is 318 g/mol. The van der Waals surface area contributed by atoms with Crippen molar-refractivity contribution in [1.82, 2.24) is 4.90 Å². The maximum Gasteiger partial charge on any atom is 0.322 e. The fraction of sp³-hybridized carbons (Fsp3) is 0.400. The Kier molecular flexibility index (Phi) is 5.38. The lowest BCUT2D eigenvalue weighted by atomic mass is 10.2. The number of benzene rings is 1. The lowest BCUT2D eigenvalue weighted by Crippen LogP contribution is -2.51. The van der Waals surface area contributed by atoms with Gasteiger partial charge in [-0.1, -0.05) is 0 Å². The first kappa shape index (κ1) is 16.6. The Hall–Kier alpha value is -2.79. The molecule has 1 atom stereocenters. The van der Waals surface area contributed by atoms with Crippen molar-refractivity contribution in [2.75, 3.05) is 31.6 Å². The molecule has 1 aliphatic rings. The quantitative estimate of drug-likeness (QED) is 0.846. The molecule has 1 heterocycles. The lowest BCUT2D eigenvalue weighted by molar-refractivity contribution is -0.133. The summed E-state index contributed by atoms with van der Waals surface area (Å²) in [6.45, 7) is 2.91. The van der Waals surface area contributed by atoms with E-state index in [4.69, 9.17) is 20.5 Å². The van der Waals surface area contributed by atoms with Crippen molar-refractivity contribution in [1.29, 1.82) is 5.26 Å². The Balaban J connectivity index is 2.13. The largest absolute Gasteiger partial charge is 0.492 e. The van der Waals surface area contributed by atoms with Crippen LogP contribution in [0.4, 0.5) is 10.5 Å². The Morgan fingerprint density at radius 1 is 1.57 bits per heavy atom. The number of nitrogens with one attached hydrogen (secondary N) is 1. The number of carbonyl (C=O) groups excluding carboxylic acids is 2. The number of carbonyl (C=O) groups is 2. The molecule has 0 aromatic heterocycles. The number of primary amides is 1. The van der Waals surface area contributed by atoms with Gasteiger partial charge in [-0.25, -0.2) is 4.79 Å². The number of morpholine rings is 1. The van der Waals surface area contributed by atoms with E-state index in [2.05, 4.69) is 5.32 Å². The smallest absolute Gasteiger partial charge is 0.322 e. The predicted octanol–water partition coefficient (Wildman–Crippen LogP) is 0.675. The second kappa shape index (κ2) is 7.47. The van der Waals surface area contributed by atoms with Gasteiger partial charge in [0.2, 0.25) is 5.91 Å². The summed E-state index contributed by atoms with van der Waals surface area (Å²) in [5.74, 6) is -0.136. The number of amides is 3. The second-order valence-electron chi connectivity index (χ2n) is 4.89. The number of nitrogens with zero attached hydrogens (tertiary/aromatic N) is 2. The summed E-state index contributed by atoms with van der Waals surface area (Å²) in [4.78, 5) is 25.0. The Labute approximate surface area is 133 Å². The molecule has 1 aromatic rings. The molecule has 0 radical (unpaired) electrons. The number of hydrogen-bond acceptors (Lipinski definition) is 5. The minimum atomic E-state index is -0.814. The highest BCUT2D eigenvalue weighted by Crippen LogP contribution is 2.26. The minimum Gasteiger partial charge on any atom is -0.492 e. The molecule has 2 rings (SSSR count). The predicted molar refractivity (Wildman–Crippen MR) is 81.9 cm³/mol. The topological polar surface area (TPSA) is 118 Å². The number of nitriles is 1. The van der Waals surface area contributed by atoms with Crippen molar-refractivity contribution in [3.63, 3.8) is 0 Å². The van der Waals surface area contributed by atoms with Crippen LogP contribution in [0.1, 0.15) is 12.5 Å². The molecular formula is C15H18N4O4. The van der Waals surface area contributed by atoms with E-state index < -0.39 is 18.0 Å². The van der Waals surface area contributed by atoms with Crippen LogP contribution in [-0.2, 0) is 9.53 Å². The summed E-state index contributed by atoms with van der Waals surface area (Å²) in [6.07, 6.45) is -0.814. The third-order valence-electron chi connectivity index (χ3n) is 3.32. The maximum atomic E-state index is 12.4. The van der Waals surface area contributed by atoms with Crippen LogP contribution >= 0.6 is 0 Å². The Bertz CT molecular complexity index is 641. The molecule has 0 saturated carbocycles. The summed E-state index contributed by atoms with van der Waals surface area (Å²) >= 11 is 0. The van der Waals surface area contributed by atoms with Gasteiger partial charge < -0.3 is 25.4 Å². The van der Waals surface area contributed by atoms with Crippen LogP contribution in [-0.4, -0.2) is 49.2 Å². The SMILES string of the molecule is CCOc1ccc(C#N)cc1NC(=O)N1CCOC(C(N)=O)C1. The number of urea groups is 1. The lowest BCUT2D eigenvalue weighted by Gasteiger charge is -2.31.